The van der Waals surface area contributed by atoms with Crippen LogP contribution in [-0.2, 0) is 9.53 Å². The molecule has 0 amide bonds. The molecule has 1 unspecified atom stereocenters. The van der Waals surface area contributed by atoms with E-state index in [0.29, 0.717) is 30.6 Å². The highest BCUT2D eigenvalue weighted by Gasteiger charge is 2.17. The minimum Gasteiger partial charge on any atom is -0.376 e. The molecule has 0 spiro atoms. The van der Waals surface area contributed by atoms with E-state index in [1.54, 1.807) is 0 Å². The molecule has 1 aliphatic heterocycles. The second-order valence-corrected chi connectivity index (χ2v) is 6.93. The van der Waals surface area contributed by atoms with Crippen LogP contribution in [0, 0.1) is 5.92 Å². The molecule has 1 aliphatic rings. The van der Waals surface area contributed by atoms with E-state index in [1.807, 2.05) is 0 Å². The average molecular weight is 309 g/mol. The first kappa shape index (κ1) is 19.4. The minimum absolute atomic E-state index is 0.248. The van der Waals surface area contributed by atoms with Gasteiger partial charge in [0, 0.05) is 18.9 Å². The van der Waals surface area contributed by atoms with Crippen molar-refractivity contribution >= 4 is 5.78 Å². The van der Waals surface area contributed by atoms with Gasteiger partial charge in [0.05, 0.1) is 12.7 Å². The summed E-state index contributed by atoms with van der Waals surface area (Å²) in [7, 11) is 0. The van der Waals surface area contributed by atoms with Crippen LogP contribution in [0.5, 0.6) is 0 Å². The Bertz CT molecular complexity index is 349. The van der Waals surface area contributed by atoms with E-state index >= 15 is 0 Å². The fourth-order valence-electron chi connectivity index (χ4n) is 3.08. The lowest BCUT2D eigenvalue weighted by Crippen LogP contribution is -2.35. The van der Waals surface area contributed by atoms with Gasteiger partial charge in [-0.1, -0.05) is 39.3 Å². The third-order valence-corrected chi connectivity index (χ3v) is 4.22. The van der Waals surface area contributed by atoms with Gasteiger partial charge >= 0.3 is 0 Å². The third kappa shape index (κ3) is 8.09. The Labute approximate surface area is 136 Å². The smallest absolute Gasteiger partial charge is 0.137 e. The number of nitrogens with one attached hydrogen (secondary N) is 1. The number of rotatable bonds is 7. The van der Waals surface area contributed by atoms with Gasteiger partial charge < -0.3 is 10.1 Å². The molecular formula is C19H35NO2. The largest absolute Gasteiger partial charge is 0.376 e. The Balaban J connectivity index is 2.63. The zero-order chi connectivity index (χ0) is 16.4. The number of Topliss-reactive ketones (excluding diaryl/α,β-unsaturated/α-hetero) is 1. The first-order chi connectivity index (χ1) is 10.5. The van der Waals surface area contributed by atoms with Crippen molar-refractivity contribution in [3.8, 4) is 0 Å². The van der Waals surface area contributed by atoms with Gasteiger partial charge in [-0.3, -0.25) is 4.79 Å². The Hall–Kier alpha value is -0.670. The molecule has 0 aliphatic carbocycles. The van der Waals surface area contributed by atoms with Gasteiger partial charge in [0.25, 0.3) is 0 Å². The zero-order valence-electron chi connectivity index (χ0n) is 15.0. The SMILES string of the molecule is CCN[C@H]1CCC/C=C(/CC(=O)CC(C)C)CC(CC)OC1. The summed E-state index contributed by atoms with van der Waals surface area (Å²) in [6, 6.07) is 0.469. The Morgan fingerprint density at radius 1 is 1.41 bits per heavy atom. The van der Waals surface area contributed by atoms with E-state index in [0.717, 1.165) is 38.8 Å². The van der Waals surface area contributed by atoms with Crippen LogP contribution in [0.25, 0.3) is 0 Å². The molecule has 1 heterocycles. The highest BCUT2D eigenvalue weighted by atomic mass is 16.5. The van der Waals surface area contributed by atoms with E-state index in [4.69, 9.17) is 4.74 Å². The van der Waals surface area contributed by atoms with Crippen LogP contribution in [0.15, 0.2) is 11.6 Å². The first-order valence-corrected chi connectivity index (χ1v) is 9.09. The van der Waals surface area contributed by atoms with Crippen molar-refractivity contribution in [2.45, 2.75) is 84.8 Å². The van der Waals surface area contributed by atoms with Gasteiger partial charge in [0.2, 0.25) is 0 Å². The van der Waals surface area contributed by atoms with Crippen molar-refractivity contribution in [3.05, 3.63) is 11.6 Å². The molecule has 0 bridgehead atoms. The van der Waals surface area contributed by atoms with Crippen molar-refractivity contribution in [1.82, 2.24) is 5.32 Å². The second-order valence-electron chi connectivity index (χ2n) is 6.93. The van der Waals surface area contributed by atoms with Gasteiger partial charge in [-0.05, 0) is 44.6 Å². The van der Waals surface area contributed by atoms with Crippen LogP contribution in [0.4, 0.5) is 0 Å². The number of ether oxygens (including phenoxy) is 1. The summed E-state index contributed by atoms with van der Waals surface area (Å²) in [6.07, 6.45) is 9.19. The van der Waals surface area contributed by atoms with E-state index < -0.39 is 0 Å². The molecule has 0 saturated heterocycles. The van der Waals surface area contributed by atoms with Gasteiger partial charge in [-0.2, -0.15) is 0 Å². The van der Waals surface area contributed by atoms with Gasteiger partial charge in [0.15, 0.2) is 0 Å². The molecule has 2 atom stereocenters. The summed E-state index contributed by atoms with van der Waals surface area (Å²) in [5, 5.41) is 3.51. The van der Waals surface area contributed by atoms with Crippen molar-refractivity contribution in [2.24, 2.45) is 5.92 Å². The Morgan fingerprint density at radius 3 is 2.82 bits per heavy atom. The lowest BCUT2D eigenvalue weighted by atomic mass is 9.95. The molecular weight excluding hydrogens is 274 g/mol. The maximum absolute atomic E-state index is 12.1. The van der Waals surface area contributed by atoms with Crippen molar-refractivity contribution < 1.29 is 9.53 Å². The summed E-state index contributed by atoms with van der Waals surface area (Å²) >= 11 is 0. The molecule has 0 aromatic carbocycles. The number of ketones is 1. The number of allylic oxidation sites excluding steroid dienone is 1. The summed E-state index contributed by atoms with van der Waals surface area (Å²) < 4.78 is 6.11. The van der Waals surface area contributed by atoms with Crippen LogP contribution >= 0.6 is 0 Å². The topological polar surface area (TPSA) is 38.3 Å². The number of likely N-dealkylation sites (N-methyl/N-ethyl adjacent to an activating group) is 1. The summed E-state index contributed by atoms with van der Waals surface area (Å²) in [5.41, 5.74) is 1.29. The van der Waals surface area contributed by atoms with Gasteiger partial charge in [0.1, 0.15) is 5.78 Å². The van der Waals surface area contributed by atoms with Gasteiger partial charge in [-0.15, -0.1) is 0 Å². The molecule has 1 rings (SSSR count). The molecule has 0 aromatic heterocycles. The van der Waals surface area contributed by atoms with Crippen molar-refractivity contribution in [1.29, 1.82) is 0 Å². The van der Waals surface area contributed by atoms with E-state index in [9.17, 15) is 4.79 Å². The molecule has 22 heavy (non-hydrogen) atoms. The predicted molar refractivity (Wildman–Crippen MR) is 93.1 cm³/mol. The normalized spacial score (nSPS) is 26.5. The fourth-order valence-corrected chi connectivity index (χ4v) is 3.08. The minimum atomic E-state index is 0.248. The van der Waals surface area contributed by atoms with E-state index in [1.165, 1.54) is 12.0 Å². The molecule has 1 N–H and O–H groups in total. The molecule has 0 aromatic rings. The van der Waals surface area contributed by atoms with Gasteiger partial charge in [-0.25, -0.2) is 0 Å². The molecule has 128 valence electrons. The summed E-state index contributed by atoms with van der Waals surface area (Å²) in [5.74, 6) is 0.824. The van der Waals surface area contributed by atoms with Crippen molar-refractivity contribution in [2.75, 3.05) is 13.2 Å². The Morgan fingerprint density at radius 2 is 2.18 bits per heavy atom. The van der Waals surface area contributed by atoms with Crippen LogP contribution in [0.2, 0.25) is 0 Å². The van der Waals surface area contributed by atoms with Crippen LogP contribution in [0.3, 0.4) is 0 Å². The summed E-state index contributed by atoms with van der Waals surface area (Å²) in [4.78, 5) is 12.1. The second kappa shape index (κ2) is 11.0. The zero-order valence-corrected chi connectivity index (χ0v) is 15.0. The molecule has 0 radical (unpaired) electrons. The number of carbonyl (C=O) groups is 1. The number of hydrogen-bond acceptors (Lipinski definition) is 3. The third-order valence-electron chi connectivity index (χ3n) is 4.22. The Kier molecular flexibility index (Phi) is 9.65. The van der Waals surface area contributed by atoms with Crippen LogP contribution in [0.1, 0.15) is 72.6 Å². The monoisotopic (exact) mass is 309 g/mol. The fraction of sp³-hybridized carbons (Fsp3) is 0.842. The van der Waals surface area contributed by atoms with E-state index in [-0.39, 0.29) is 6.10 Å². The van der Waals surface area contributed by atoms with Crippen LogP contribution in [-0.4, -0.2) is 31.1 Å². The first-order valence-electron chi connectivity index (χ1n) is 9.09. The number of carbonyl (C=O) groups excluding carboxylic acids is 1. The highest BCUT2D eigenvalue weighted by molar-refractivity contribution is 5.81. The molecule has 0 saturated carbocycles. The molecule has 3 nitrogen and oxygen atoms in total. The molecule has 0 fully saturated rings. The van der Waals surface area contributed by atoms with Crippen LogP contribution < -0.4 is 5.32 Å². The maximum atomic E-state index is 12.1. The highest BCUT2D eigenvalue weighted by Crippen LogP contribution is 2.21. The average Bonchev–Trinajstić information content (AvgIpc) is 2.46. The standard InChI is InChI=1S/C19H35NO2/c1-5-19-13-16(12-18(21)11-15(3)4)9-7-8-10-17(14-22-19)20-6-2/h9,15,17,19-20H,5-8,10-14H2,1-4H3/b16-9-/t17-,19?/m0/s1. The summed E-state index contributed by atoms with van der Waals surface area (Å²) in [6.45, 7) is 10.3. The lowest BCUT2D eigenvalue weighted by molar-refractivity contribution is -0.119. The predicted octanol–water partition coefficient (Wildman–Crippen LogP) is 4.27. The van der Waals surface area contributed by atoms with Crippen molar-refractivity contribution in [3.63, 3.8) is 0 Å². The quantitative estimate of drug-likeness (QED) is 0.714. The lowest BCUT2D eigenvalue weighted by Gasteiger charge is -2.24. The van der Waals surface area contributed by atoms with E-state index in [2.05, 4.69) is 39.1 Å². The molecule has 3 heteroatoms. The number of hydrogen-bond donors (Lipinski definition) is 1. The maximum Gasteiger partial charge on any atom is 0.137 e.